The highest BCUT2D eigenvalue weighted by atomic mass is 16.5. The average Bonchev–Trinajstić information content (AvgIpc) is 3.01. The topological polar surface area (TPSA) is 107 Å². The van der Waals surface area contributed by atoms with Gasteiger partial charge in [0.25, 0.3) is 0 Å². The van der Waals surface area contributed by atoms with Gasteiger partial charge in [0.1, 0.15) is 30.3 Å². The van der Waals surface area contributed by atoms with Gasteiger partial charge in [0.15, 0.2) is 23.0 Å². The lowest BCUT2D eigenvalue weighted by Gasteiger charge is -2.61. The normalized spacial score (nSPS) is 28.8. The molecule has 0 bridgehead atoms. The van der Waals surface area contributed by atoms with Gasteiger partial charge in [-0.25, -0.2) is 0 Å². The lowest BCUT2D eigenvalue weighted by molar-refractivity contribution is -0.196. The van der Waals surface area contributed by atoms with Crippen molar-refractivity contribution >= 4 is 23.1 Å². The minimum Gasteiger partial charge on any atom is -0.492 e. The summed E-state index contributed by atoms with van der Waals surface area (Å²) < 4.78 is 12.5. The summed E-state index contributed by atoms with van der Waals surface area (Å²) in [5, 5.41) is 12.5. The van der Waals surface area contributed by atoms with Crippen LogP contribution < -0.4 is 4.74 Å². The van der Waals surface area contributed by atoms with Gasteiger partial charge in [-0.05, 0) is 53.9 Å². The first-order valence-electron chi connectivity index (χ1n) is 15.9. The molecular weight excluding hydrogens is 580 g/mol. The second-order valence-electron chi connectivity index (χ2n) is 14.0. The van der Waals surface area contributed by atoms with Crippen LogP contribution in [-0.4, -0.2) is 33.8 Å². The Morgan fingerprint density at radius 2 is 1.46 bits per heavy atom. The van der Waals surface area contributed by atoms with Gasteiger partial charge >= 0.3 is 0 Å². The highest BCUT2D eigenvalue weighted by Crippen LogP contribution is 2.64. The maximum Gasteiger partial charge on any atom is 0.209 e. The molecule has 5 atom stereocenters. The number of Topliss-reactive ketones (excluding diaryl/α,β-unsaturated/α-hetero) is 4. The van der Waals surface area contributed by atoms with Crippen molar-refractivity contribution in [3.8, 4) is 5.75 Å². The van der Waals surface area contributed by atoms with Gasteiger partial charge in [0, 0.05) is 11.3 Å². The molecule has 46 heavy (non-hydrogen) atoms. The Hall–Kier alpha value is -4.36. The van der Waals surface area contributed by atoms with Crippen LogP contribution in [0.2, 0.25) is 0 Å². The van der Waals surface area contributed by atoms with Crippen molar-refractivity contribution in [2.45, 2.75) is 66.3 Å². The predicted molar refractivity (Wildman–Crippen MR) is 172 cm³/mol. The molecule has 2 unspecified atom stereocenters. The molecule has 0 spiro atoms. The second-order valence-corrected chi connectivity index (χ2v) is 14.0. The SMILES string of the molecule is CC(=O)C1=C(OCc2ccccc2)C(C(C)C)[C@@]2(C)C[C@@]3(C)Cc4cccc(OCc5ccccc5)c4C(=O)C3C(=O)[C@@]2(O)C1=O. The molecule has 238 valence electrons. The van der Waals surface area contributed by atoms with E-state index in [-0.39, 0.29) is 36.9 Å². The number of fused-ring (bicyclic) bond motifs is 3. The molecule has 1 fully saturated rings. The molecule has 6 rings (SSSR count). The number of hydrogen-bond donors (Lipinski definition) is 1. The Morgan fingerprint density at radius 1 is 0.870 bits per heavy atom. The van der Waals surface area contributed by atoms with E-state index in [4.69, 9.17) is 9.47 Å². The van der Waals surface area contributed by atoms with E-state index in [0.717, 1.165) is 16.7 Å². The van der Waals surface area contributed by atoms with E-state index < -0.39 is 51.4 Å². The lowest BCUT2D eigenvalue weighted by atomic mass is 9.41. The highest BCUT2D eigenvalue weighted by molar-refractivity contribution is 6.33. The van der Waals surface area contributed by atoms with E-state index in [9.17, 15) is 24.3 Å². The summed E-state index contributed by atoms with van der Waals surface area (Å²) in [6, 6.07) is 24.4. The molecule has 3 aliphatic carbocycles. The highest BCUT2D eigenvalue weighted by Gasteiger charge is 2.74. The molecule has 0 amide bonds. The third-order valence-corrected chi connectivity index (χ3v) is 10.4. The maximum absolute atomic E-state index is 14.8. The van der Waals surface area contributed by atoms with E-state index in [2.05, 4.69) is 0 Å². The number of allylic oxidation sites excluding steroid dienone is 1. The Balaban J connectivity index is 1.45. The molecule has 0 heterocycles. The first kappa shape index (κ1) is 31.6. The van der Waals surface area contributed by atoms with Crippen LogP contribution in [-0.2, 0) is 38.8 Å². The van der Waals surface area contributed by atoms with Gasteiger partial charge < -0.3 is 14.6 Å². The Labute approximate surface area is 269 Å². The van der Waals surface area contributed by atoms with Crippen molar-refractivity contribution < 1.29 is 33.8 Å². The van der Waals surface area contributed by atoms with Gasteiger partial charge in [0.05, 0.1) is 11.5 Å². The lowest BCUT2D eigenvalue weighted by Crippen LogP contribution is -2.73. The molecule has 3 aromatic carbocycles. The summed E-state index contributed by atoms with van der Waals surface area (Å²) >= 11 is 0. The van der Waals surface area contributed by atoms with Gasteiger partial charge in [-0.2, -0.15) is 0 Å². The number of rotatable bonds is 8. The number of carbonyl (C=O) groups is 4. The first-order chi connectivity index (χ1) is 21.8. The molecule has 3 aromatic rings. The molecule has 7 heteroatoms. The summed E-state index contributed by atoms with van der Waals surface area (Å²) in [5.41, 5.74) is -2.32. The number of benzene rings is 3. The van der Waals surface area contributed by atoms with E-state index >= 15 is 0 Å². The number of aliphatic hydroxyl groups is 1. The van der Waals surface area contributed by atoms with Crippen LogP contribution >= 0.6 is 0 Å². The van der Waals surface area contributed by atoms with Crippen molar-refractivity contribution in [3.63, 3.8) is 0 Å². The van der Waals surface area contributed by atoms with Crippen molar-refractivity contribution in [1.82, 2.24) is 0 Å². The zero-order valence-corrected chi connectivity index (χ0v) is 27.0. The molecule has 0 aliphatic heterocycles. The Morgan fingerprint density at radius 3 is 2.02 bits per heavy atom. The van der Waals surface area contributed by atoms with E-state index in [0.29, 0.717) is 17.7 Å². The predicted octanol–water partition coefficient (Wildman–Crippen LogP) is 6.25. The standard InChI is InChI=1S/C39H40O7/c1-23(2)31-34(46-21-26-15-10-7-11-16-26)29(24(3)40)35(42)39(44)36(43)32-33(41)30-27(19-37(32,4)22-38(31,39)5)17-12-18-28(30)45-20-25-13-8-6-9-14-25/h6-18,23,31-32,44H,19-22H2,1-5H3/t31?,32?,37-,38-,39+/m1/s1. The second kappa shape index (κ2) is 11.5. The fraction of sp³-hybridized carbons (Fsp3) is 0.385. The summed E-state index contributed by atoms with van der Waals surface area (Å²) in [7, 11) is 0. The Kier molecular flexibility index (Phi) is 7.88. The Bertz CT molecular complexity index is 1760. The summed E-state index contributed by atoms with van der Waals surface area (Å²) in [4.78, 5) is 56.8. The summed E-state index contributed by atoms with van der Waals surface area (Å²) in [6.45, 7) is 9.11. The zero-order valence-electron chi connectivity index (χ0n) is 27.0. The minimum absolute atomic E-state index is 0.115. The van der Waals surface area contributed by atoms with Crippen LogP contribution in [0.25, 0.3) is 0 Å². The number of carbonyl (C=O) groups excluding carboxylic acids is 4. The zero-order chi connectivity index (χ0) is 33.0. The fourth-order valence-corrected chi connectivity index (χ4v) is 8.63. The van der Waals surface area contributed by atoms with Crippen molar-refractivity contribution in [2.24, 2.45) is 28.6 Å². The van der Waals surface area contributed by atoms with E-state index in [1.165, 1.54) is 6.92 Å². The summed E-state index contributed by atoms with van der Waals surface area (Å²) in [6.07, 6.45) is 0.562. The number of ketones is 4. The third-order valence-electron chi connectivity index (χ3n) is 10.4. The summed E-state index contributed by atoms with van der Waals surface area (Å²) in [5.74, 6) is -4.51. The van der Waals surface area contributed by atoms with Crippen molar-refractivity contribution in [3.05, 3.63) is 112 Å². The molecule has 0 saturated heterocycles. The van der Waals surface area contributed by atoms with Gasteiger partial charge in [-0.15, -0.1) is 0 Å². The minimum atomic E-state index is -2.60. The van der Waals surface area contributed by atoms with Crippen LogP contribution in [0.3, 0.4) is 0 Å². The van der Waals surface area contributed by atoms with Crippen LogP contribution in [0.4, 0.5) is 0 Å². The van der Waals surface area contributed by atoms with E-state index in [1.54, 1.807) is 13.0 Å². The number of ether oxygens (including phenoxy) is 2. The molecule has 1 saturated carbocycles. The monoisotopic (exact) mass is 620 g/mol. The molecule has 1 N–H and O–H groups in total. The molecule has 7 nitrogen and oxygen atoms in total. The van der Waals surface area contributed by atoms with Crippen LogP contribution in [0.1, 0.15) is 68.1 Å². The first-order valence-corrected chi connectivity index (χ1v) is 15.9. The molecule has 0 radical (unpaired) electrons. The van der Waals surface area contributed by atoms with Crippen LogP contribution in [0.15, 0.2) is 90.2 Å². The van der Waals surface area contributed by atoms with Gasteiger partial charge in [0.2, 0.25) is 5.78 Å². The van der Waals surface area contributed by atoms with Crippen LogP contribution in [0.5, 0.6) is 5.75 Å². The number of hydrogen-bond acceptors (Lipinski definition) is 7. The maximum atomic E-state index is 14.8. The molecule has 3 aliphatic rings. The third kappa shape index (κ3) is 4.75. The van der Waals surface area contributed by atoms with Crippen molar-refractivity contribution in [2.75, 3.05) is 0 Å². The largest absolute Gasteiger partial charge is 0.492 e. The van der Waals surface area contributed by atoms with Crippen molar-refractivity contribution in [1.29, 1.82) is 0 Å². The molecule has 0 aromatic heterocycles. The average molecular weight is 621 g/mol. The fourth-order valence-electron chi connectivity index (χ4n) is 8.63. The smallest absolute Gasteiger partial charge is 0.209 e. The quantitative estimate of drug-likeness (QED) is 0.234. The van der Waals surface area contributed by atoms with E-state index in [1.807, 2.05) is 93.6 Å². The van der Waals surface area contributed by atoms with Gasteiger partial charge in [-0.3, -0.25) is 19.2 Å². The molecular formula is C39H40O7. The van der Waals surface area contributed by atoms with Crippen LogP contribution in [0, 0.1) is 28.6 Å². The van der Waals surface area contributed by atoms with Gasteiger partial charge in [-0.1, -0.05) is 100 Å².